The Morgan fingerprint density at radius 3 is 2.40 bits per heavy atom. The maximum absolute atomic E-state index is 13.1. The lowest BCUT2D eigenvalue weighted by Gasteiger charge is -2.38. The van der Waals surface area contributed by atoms with Crippen LogP contribution in [0.5, 0.6) is 5.75 Å². The van der Waals surface area contributed by atoms with Crippen LogP contribution in [-0.2, 0) is 27.3 Å². The summed E-state index contributed by atoms with van der Waals surface area (Å²) in [5.74, 6) is -3.03. The van der Waals surface area contributed by atoms with Crippen molar-refractivity contribution in [3.8, 4) is 5.75 Å². The van der Waals surface area contributed by atoms with Crippen LogP contribution >= 0.6 is 0 Å². The van der Waals surface area contributed by atoms with Crippen molar-refractivity contribution in [2.45, 2.75) is 36.7 Å². The largest absolute Gasteiger partial charge is 0.497 e. The molecule has 3 N–H and O–H groups in total. The molecule has 1 aliphatic heterocycles. The van der Waals surface area contributed by atoms with Gasteiger partial charge in [0.2, 0.25) is 10.0 Å². The van der Waals surface area contributed by atoms with E-state index in [0.717, 1.165) is 9.87 Å². The number of halogens is 2. The van der Waals surface area contributed by atoms with Crippen molar-refractivity contribution in [2.24, 2.45) is 5.73 Å². The fraction of sp³-hybridized carbons (Fsp3) is 0.321. The molecule has 228 valence electrons. The highest BCUT2D eigenvalue weighted by molar-refractivity contribution is 7.89. The van der Waals surface area contributed by atoms with Gasteiger partial charge >= 0.3 is 5.97 Å². The third-order valence-electron chi connectivity index (χ3n) is 6.87. The zero-order valence-electron chi connectivity index (χ0n) is 23.5. The Hall–Kier alpha value is -4.34. The van der Waals surface area contributed by atoms with E-state index < -0.39 is 28.0 Å². The van der Waals surface area contributed by atoms with Gasteiger partial charge in [0, 0.05) is 38.2 Å². The Morgan fingerprint density at radius 1 is 1.09 bits per heavy atom. The van der Waals surface area contributed by atoms with E-state index in [0.29, 0.717) is 29.3 Å². The predicted molar refractivity (Wildman–Crippen MR) is 154 cm³/mol. The first-order valence-corrected chi connectivity index (χ1v) is 14.7. The van der Waals surface area contributed by atoms with E-state index in [1.54, 1.807) is 17.0 Å². The van der Waals surface area contributed by atoms with Crippen molar-refractivity contribution in [2.75, 3.05) is 31.6 Å². The van der Waals surface area contributed by atoms with E-state index in [-0.39, 0.29) is 36.5 Å². The first-order valence-electron chi connectivity index (χ1n) is 13.2. The van der Waals surface area contributed by atoms with Gasteiger partial charge in [-0.2, -0.15) is 4.31 Å². The number of sulfonamides is 1. The van der Waals surface area contributed by atoms with Crippen molar-refractivity contribution in [3.63, 3.8) is 0 Å². The highest BCUT2D eigenvalue weighted by Gasteiger charge is 2.40. The second kappa shape index (κ2) is 13.3. The van der Waals surface area contributed by atoms with E-state index in [1.807, 2.05) is 0 Å². The van der Waals surface area contributed by atoms with Crippen LogP contribution in [-0.4, -0.2) is 76.5 Å². The molecule has 0 unspecified atom stereocenters. The second-order valence-corrected chi connectivity index (χ2v) is 11.4. The molecule has 2 aromatic heterocycles. The van der Waals surface area contributed by atoms with Crippen LogP contribution in [0.25, 0.3) is 11.2 Å². The number of carbonyl (C=O) groups is 1. The fourth-order valence-electron chi connectivity index (χ4n) is 4.35. The normalized spacial score (nSPS) is 15.9. The maximum Gasteiger partial charge on any atom is 0.323 e. The van der Waals surface area contributed by atoms with Gasteiger partial charge in [-0.15, -0.1) is 0 Å². The molecule has 2 aromatic carbocycles. The number of rotatable bonds is 8. The van der Waals surface area contributed by atoms with Gasteiger partial charge in [-0.1, -0.05) is 31.2 Å². The van der Waals surface area contributed by atoms with Gasteiger partial charge < -0.3 is 20.5 Å². The molecular formula is C28H31F2N7O5S. The number of piperazine rings is 1. The number of benzene rings is 2. The third-order valence-corrected chi connectivity index (χ3v) is 8.80. The summed E-state index contributed by atoms with van der Waals surface area (Å²) in [5.41, 5.74) is 7.18. The standard InChI is InChI=1S/C18H18N6O5S.C10H13F2N/c1-29-12-2-4-13(5-3-12)30(27,28)24-7-6-23(10-15(24)18(25)26)16-9-20-14-8-19-11-21-17(14)22-16;1-2-10(11,12)9-5-3-8(7-13)4-6-9/h2-5,8-9,11,15H,6-7,10H2,1H3,(H,25,26);3-6H,2,7,13H2,1H3/t15-;/m1./s1. The lowest BCUT2D eigenvalue weighted by atomic mass is 10.0. The lowest BCUT2D eigenvalue weighted by molar-refractivity contribution is -0.141. The molecule has 1 fully saturated rings. The quantitative estimate of drug-likeness (QED) is 0.299. The number of hydrogen-bond donors (Lipinski definition) is 2. The van der Waals surface area contributed by atoms with Crippen molar-refractivity contribution in [3.05, 3.63) is 78.4 Å². The number of ether oxygens (including phenoxy) is 1. The Morgan fingerprint density at radius 2 is 1.79 bits per heavy atom. The predicted octanol–water partition coefficient (Wildman–Crippen LogP) is 3.04. The number of methoxy groups -OCH3 is 1. The summed E-state index contributed by atoms with van der Waals surface area (Å²) in [6, 6.07) is 10.7. The van der Waals surface area contributed by atoms with E-state index in [2.05, 4.69) is 19.9 Å². The van der Waals surface area contributed by atoms with Gasteiger partial charge in [0.15, 0.2) is 5.65 Å². The number of carboxylic acid groups (broad SMARTS) is 1. The van der Waals surface area contributed by atoms with E-state index in [1.165, 1.54) is 69.2 Å². The zero-order chi connectivity index (χ0) is 31.2. The summed E-state index contributed by atoms with van der Waals surface area (Å²) in [6.45, 7) is 2.02. The maximum atomic E-state index is 13.1. The Labute approximate surface area is 247 Å². The fourth-order valence-corrected chi connectivity index (χ4v) is 5.91. The molecule has 0 aliphatic carbocycles. The molecule has 0 saturated carbocycles. The highest BCUT2D eigenvalue weighted by atomic mass is 32.2. The minimum atomic E-state index is -4.01. The van der Waals surface area contributed by atoms with Gasteiger partial charge in [0.25, 0.3) is 5.92 Å². The average Bonchev–Trinajstić information content (AvgIpc) is 3.04. The molecule has 3 heterocycles. The van der Waals surface area contributed by atoms with Crippen molar-refractivity contribution < 1.29 is 31.8 Å². The number of nitrogens with two attached hydrogens (primary N) is 1. The minimum absolute atomic E-state index is 0.00481. The molecule has 4 aromatic rings. The Bertz CT molecular complexity index is 1660. The number of fused-ring (bicyclic) bond motifs is 1. The van der Waals surface area contributed by atoms with E-state index >= 15 is 0 Å². The van der Waals surface area contributed by atoms with Crippen LogP contribution in [0.2, 0.25) is 0 Å². The molecular weight excluding hydrogens is 584 g/mol. The number of carboxylic acids is 1. The summed E-state index contributed by atoms with van der Waals surface area (Å²) in [6.07, 6.45) is 4.20. The highest BCUT2D eigenvalue weighted by Crippen LogP contribution is 2.31. The molecule has 0 radical (unpaired) electrons. The van der Waals surface area contributed by atoms with Crippen LogP contribution in [0.15, 0.2) is 72.1 Å². The summed E-state index contributed by atoms with van der Waals surface area (Å²) in [5, 5.41) is 9.73. The van der Waals surface area contributed by atoms with Crippen LogP contribution in [0.3, 0.4) is 0 Å². The van der Waals surface area contributed by atoms with Gasteiger partial charge in [-0.3, -0.25) is 4.79 Å². The van der Waals surface area contributed by atoms with Gasteiger partial charge in [-0.25, -0.2) is 37.1 Å². The van der Waals surface area contributed by atoms with Gasteiger partial charge in [0.05, 0.1) is 24.4 Å². The zero-order valence-corrected chi connectivity index (χ0v) is 24.3. The molecule has 0 amide bonds. The number of aromatic nitrogens is 4. The first-order chi connectivity index (χ1) is 20.5. The Balaban J connectivity index is 0.000000273. The van der Waals surface area contributed by atoms with Crippen molar-refractivity contribution in [1.29, 1.82) is 0 Å². The summed E-state index contributed by atoms with van der Waals surface area (Å²) < 4.78 is 58.4. The lowest BCUT2D eigenvalue weighted by Crippen LogP contribution is -2.58. The van der Waals surface area contributed by atoms with Crippen LogP contribution < -0.4 is 15.4 Å². The van der Waals surface area contributed by atoms with E-state index in [4.69, 9.17) is 10.5 Å². The summed E-state index contributed by atoms with van der Waals surface area (Å²) in [7, 11) is -2.53. The number of aliphatic carboxylic acids is 1. The smallest absolute Gasteiger partial charge is 0.323 e. The molecule has 12 nitrogen and oxygen atoms in total. The molecule has 5 rings (SSSR count). The van der Waals surface area contributed by atoms with Crippen molar-refractivity contribution >= 4 is 33.0 Å². The first kappa shape index (κ1) is 31.6. The molecule has 1 saturated heterocycles. The monoisotopic (exact) mass is 615 g/mol. The molecule has 1 aliphatic rings. The molecule has 0 spiro atoms. The summed E-state index contributed by atoms with van der Waals surface area (Å²) in [4.78, 5) is 30.2. The SMILES string of the molecule is CCC(F)(F)c1ccc(CN)cc1.COc1ccc(S(=O)(=O)N2CCN(c3cnc4cncnc4n3)C[C@@H]2C(=O)O)cc1. The Kier molecular flexibility index (Phi) is 9.78. The van der Waals surface area contributed by atoms with Crippen molar-refractivity contribution in [1.82, 2.24) is 24.2 Å². The van der Waals surface area contributed by atoms with Gasteiger partial charge in [0.1, 0.15) is 29.5 Å². The number of anilines is 1. The molecule has 0 bridgehead atoms. The molecule has 43 heavy (non-hydrogen) atoms. The van der Waals surface area contributed by atoms with Gasteiger partial charge in [-0.05, 0) is 29.8 Å². The third kappa shape index (κ3) is 7.18. The number of hydrogen-bond acceptors (Lipinski definition) is 10. The molecule has 15 heteroatoms. The second-order valence-electron chi connectivity index (χ2n) is 9.51. The van der Waals surface area contributed by atoms with Crippen LogP contribution in [0.4, 0.5) is 14.6 Å². The van der Waals surface area contributed by atoms with Crippen LogP contribution in [0, 0.1) is 0 Å². The van der Waals surface area contributed by atoms with Crippen LogP contribution in [0.1, 0.15) is 24.5 Å². The average molecular weight is 616 g/mol. The number of alkyl halides is 2. The minimum Gasteiger partial charge on any atom is -0.497 e. The summed E-state index contributed by atoms with van der Waals surface area (Å²) >= 11 is 0. The topological polar surface area (TPSA) is 165 Å². The number of nitrogens with zero attached hydrogens (tertiary/aromatic N) is 6. The molecule has 1 atom stereocenters. The van der Waals surface area contributed by atoms with E-state index in [9.17, 15) is 27.1 Å².